The standard InChI is InChI=1S/C14H30N/c1-5-15(6-2,7-3)12-14-10-8-13(4)9-11-14/h13-14H,5-12H2,1-4H3/q+1. The summed E-state index contributed by atoms with van der Waals surface area (Å²) in [6, 6.07) is 0. The van der Waals surface area contributed by atoms with Gasteiger partial charge >= 0.3 is 0 Å². The summed E-state index contributed by atoms with van der Waals surface area (Å²) < 4.78 is 1.35. The van der Waals surface area contributed by atoms with Gasteiger partial charge in [-0.25, -0.2) is 0 Å². The second kappa shape index (κ2) is 5.89. The number of rotatable bonds is 5. The van der Waals surface area contributed by atoms with Crippen LogP contribution in [0.5, 0.6) is 0 Å². The lowest BCUT2D eigenvalue weighted by molar-refractivity contribution is -0.926. The molecule has 1 fully saturated rings. The maximum atomic E-state index is 2.41. The van der Waals surface area contributed by atoms with Gasteiger partial charge in [-0.1, -0.05) is 19.8 Å². The average molecular weight is 212 g/mol. The Bertz CT molecular complexity index is 156. The molecule has 0 aromatic carbocycles. The highest BCUT2D eigenvalue weighted by Crippen LogP contribution is 2.30. The Kier molecular flexibility index (Phi) is 5.11. The zero-order valence-electron chi connectivity index (χ0n) is 11.3. The third-order valence-corrected chi connectivity index (χ3v) is 4.79. The number of hydrogen-bond acceptors (Lipinski definition) is 0. The summed E-state index contributed by atoms with van der Waals surface area (Å²) in [5, 5.41) is 0. The molecule has 0 aromatic heterocycles. The Morgan fingerprint density at radius 1 is 0.867 bits per heavy atom. The largest absolute Gasteiger partial charge is 0.324 e. The van der Waals surface area contributed by atoms with Crippen LogP contribution >= 0.6 is 0 Å². The van der Waals surface area contributed by atoms with Crippen LogP contribution in [0.4, 0.5) is 0 Å². The van der Waals surface area contributed by atoms with Crippen molar-refractivity contribution in [2.24, 2.45) is 11.8 Å². The van der Waals surface area contributed by atoms with Crippen molar-refractivity contribution in [2.45, 2.75) is 53.4 Å². The van der Waals surface area contributed by atoms with Crippen molar-refractivity contribution in [2.75, 3.05) is 26.2 Å². The second-order valence-corrected chi connectivity index (χ2v) is 5.60. The van der Waals surface area contributed by atoms with Crippen molar-refractivity contribution in [1.82, 2.24) is 0 Å². The molecule has 0 aromatic rings. The first-order chi connectivity index (χ1) is 7.15. The van der Waals surface area contributed by atoms with Gasteiger partial charge in [0, 0.05) is 5.92 Å². The summed E-state index contributed by atoms with van der Waals surface area (Å²) in [7, 11) is 0. The van der Waals surface area contributed by atoms with Crippen molar-refractivity contribution in [3.8, 4) is 0 Å². The van der Waals surface area contributed by atoms with Crippen LogP contribution in [0.25, 0.3) is 0 Å². The van der Waals surface area contributed by atoms with Crippen molar-refractivity contribution in [3.05, 3.63) is 0 Å². The summed E-state index contributed by atoms with van der Waals surface area (Å²) in [4.78, 5) is 0. The van der Waals surface area contributed by atoms with E-state index >= 15 is 0 Å². The zero-order chi connectivity index (χ0) is 11.3. The molecule has 0 radical (unpaired) electrons. The smallest absolute Gasteiger partial charge is 0.0814 e. The van der Waals surface area contributed by atoms with E-state index in [-0.39, 0.29) is 0 Å². The normalized spacial score (nSPS) is 28.0. The first-order valence-corrected chi connectivity index (χ1v) is 7.00. The molecule has 0 amide bonds. The van der Waals surface area contributed by atoms with Gasteiger partial charge < -0.3 is 4.48 Å². The SMILES string of the molecule is CC[N+](CC)(CC)CC1CCC(C)CC1. The molecule has 1 aliphatic carbocycles. The highest BCUT2D eigenvalue weighted by molar-refractivity contribution is 4.70. The van der Waals surface area contributed by atoms with Crippen molar-refractivity contribution in [3.63, 3.8) is 0 Å². The fourth-order valence-electron chi connectivity index (χ4n) is 3.12. The third-order valence-electron chi connectivity index (χ3n) is 4.79. The molecule has 1 heteroatoms. The van der Waals surface area contributed by atoms with Gasteiger partial charge in [-0.2, -0.15) is 0 Å². The third kappa shape index (κ3) is 3.48. The molecule has 0 heterocycles. The van der Waals surface area contributed by atoms with E-state index in [1.807, 2.05) is 0 Å². The van der Waals surface area contributed by atoms with Gasteiger partial charge in [-0.15, -0.1) is 0 Å². The van der Waals surface area contributed by atoms with Crippen molar-refractivity contribution in [1.29, 1.82) is 0 Å². The van der Waals surface area contributed by atoms with Gasteiger partial charge in [0.25, 0.3) is 0 Å². The van der Waals surface area contributed by atoms with Crippen molar-refractivity contribution < 1.29 is 4.48 Å². The van der Waals surface area contributed by atoms with E-state index in [4.69, 9.17) is 0 Å². The summed E-state index contributed by atoms with van der Waals surface area (Å²) in [6.45, 7) is 14.9. The molecule has 90 valence electrons. The second-order valence-electron chi connectivity index (χ2n) is 5.60. The molecule has 1 saturated carbocycles. The fourth-order valence-corrected chi connectivity index (χ4v) is 3.12. The van der Waals surface area contributed by atoms with Gasteiger partial charge in [0.2, 0.25) is 0 Å². The molecular formula is C14H30N+. The maximum absolute atomic E-state index is 2.41. The van der Waals surface area contributed by atoms with Gasteiger partial charge in [0.05, 0.1) is 26.2 Å². The Balaban J connectivity index is 2.44. The van der Waals surface area contributed by atoms with Crippen LogP contribution in [-0.2, 0) is 0 Å². The minimum atomic E-state index is 0.994. The lowest BCUT2D eigenvalue weighted by Crippen LogP contribution is -2.50. The molecule has 0 atom stereocenters. The van der Waals surface area contributed by atoms with Crippen molar-refractivity contribution >= 4 is 0 Å². The Morgan fingerprint density at radius 3 is 1.73 bits per heavy atom. The van der Waals surface area contributed by atoms with Gasteiger partial charge in [0.15, 0.2) is 0 Å². The number of hydrogen-bond donors (Lipinski definition) is 0. The summed E-state index contributed by atoms with van der Waals surface area (Å²) in [5.74, 6) is 2.01. The van der Waals surface area contributed by atoms with E-state index in [1.165, 1.54) is 56.3 Å². The van der Waals surface area contributed by atoms with E-state index in [0.717, 1.165) is 11.8 Å². The molecule has 1 aliphatic rings. The Hall–Kier alpha value is -0.0400. The van der Waals surface area contributed by atoms with E-state index in [1.54, 1.807) is 0 Å². The molecule has 0 saturated heterocycles. The Morgan fingerprint density at radius 2 is 1.33 bits per heavy atom. The van der Waals surface area contributed by atoms with E-state index in [0.29, 0.717) is 0 Å². The fraction of sp³-hybridized carbons (Fsp3) is 1.00. The highest BCUT2D eigenvalue weighted by Gasteiger charge is 2.28. The molecule has 0 N–H and O–H groups in total. The van der Waals surface area contributed by atoms with Gasteiger partial charge in [0.1, 0.15) is 0 Å². The molecule has 15 heavy (non-hydrogen) atoms. The van der Waals surface area contributed by atoms with Gasteiger partial charge in [-0.3, -0.25) is 0 Å². The first-order valence-electron chi connectivity index (χ1n) is 7.00. The maximum Gasteiger partial charge on any atom is 0.0814 e. The Labute approximate surface area is 96.4 Å². The van der Waals surface area contributed by atoms with Crippen LogP contribution in [0, 0.1) is 11.8 Å². The summed E-state index contributed by atoms with van der Waals surface area (Å²) in [6.07, 6.45) is 5.92. The minimum Gasteiger partial charge on any atom is -0.324 e. The molecule has 0 spiro atoms. The monoisotopic (exact) mass is 212 g/mol. The summed E-state index contributed by atoms with van der Waals surface area (Å²) in [5.41, 5.74) is 0. The quantitative estimate of drug-likeness (QED) is 0.610. The van der Waals surface area contributed by atoms with Crippen LogP contribution < -0.4 is 0 Å². The first kappa shape index (κ1) is 13.0. The minimum absolute atomic E-state index is 0.994. The van der Waals surface area contributed by atoms with Crippen LogP contribution in [0.2, 0.25) is 0 Å². The van der Waals surface area contributed by atoms with Crippen LogP contribution in [0.15, 0.2) is 0 Å². The number of nitrogens with zero attached hydrogens (tertiary/aromatic N) is 1. The predicted molar refractivity (Wildman–Crippen MR) is 67.9 cm³/mol. The van der Waals surface area contributed by atoms with Crippen LogP contribution in [-0.4, -0.2) is 30.7 Å². The number of quaternary nitrogens is 1. The molecule has 1 rings (SSSR count). The highest BCUT2D eigenvalue weighted by atomic mass is 15.3. The van der Waals surface area contributed by atoms with E-state index in [9.17, 15) is 0 Å². The molecule has 0 unspecified atom stereocenters. The zero-order valence-corrected chi connectivity index (χ0v) is 11.3. The molecule has 0 aliphatic heterocycles. The molecule has 0 bridgehead atoms. The average Bonchev–Trinajstić information content (AvgIpc) is 2.29. The molecule has 1 nitrogen and oxygen atoms in total. The van der Waals surface area contributed by atoms with E-state index < -0.39 is 0 Å². The summed E-state index contributed by atoms with van der Waals surface area (Å²) >= 11 is 0. The van der Waals surface area contributed by atoms with Crippen LogP contribution in [0.3, 0.4) is 0 Å². The van der Waals surface area contributed by atoms with E-state index in [2.05, 4.69) is 27.7 Å². The topological polar surface area (TPSA) is 0 Å². The van der Waals surface area contributed by atoms with Crippen LogP contribution in [0.1, 0.15) is 53.4 Å². The molecular weight excluding hydrogens is 182 g/mol. The lowest BCUT2D eigenvalue weighted by Gasteiger charge is -2.40. The lowest BCUT2D eigenvalue weighted by atomic mass is 9.82. The van der Waals surface area contributed by atoms with Gasteiger partial charge in [-0.05, 0) is 39.5 Å². The predicted octanol–water partition coefficient (Wildman–Crippen LogP) is 3.69.